The molecule has 0 radical (unpaired) electrons. The molecule has 4 nitrogen and oxygen atoms in total. The zero-order chi connectivity index (χ0) is 15.6. The summed E-state index contributed by atoms with van der Waals surface area (Å²) in [6.07, 6.45) is 0.854. The fraction of sp³-hybridized carbons (Fsp3) is 0.571. The molecule has 1 aromatic carbocycles. The van der Waals surface area contributed by atoms with Crippen molar-refractivity contribution in [2.45, 2.75) is 30.2 Å². The van der Waals surface area contributed by atoms with Crippen molar-refractivity contribution in [1.82, 2.24) is 9.21 Å². The van der Waals surface area contributed by atoms with E-state index in [1.807, 2.05) is 14.0 Å². The molecular weight excluding hydrogens is 315 g/mol. The van der Waals surface area contributed by atoms with Gasteiger partial charge in [-0.1, -0.05) is 13.0 Å². The lowest BCUT2D eigenvalue weighted by molar-refractivity contribution is 0.144. The van der Waals surface area contributed by atoms with E-state index in [0.29, 0.717) is 25.2 Å². The maximum atomic E-state index is 14.0. The quantitative estimate of drug-likeness (QED) is 0.793. The smallest absolute Gasteiger partial charge is 0.246 e. The lowest BCUT2D eigenvalue weighted by Gasteiger charge is -2.38. The second kappa shape index (κ2) is 6.60. The van der Waals surface area contributed by atoms with Gasteiger partial charge in [0.1, 0.15) is 10.7 Å². The van der Waals surface area contributed by atoms with Crippen molar-refractivity contribution >= 4 is 21.6 Å². The zero-order valence-corrected chi connectivity index (χ0v) is 13.8. The maximum absolute atomic E-state index is 14.0. The first-order valence-corrected chi connectivity index (χ1v) is 8.92. The SMILES string of the molecule is CCC1CN(S(=O)(=O)c2cc(CCl)ccc2F)CCN1C. The molecule has 1 unspecified atom stereocenters. The van der Waals surface area contributed by atoms with Crippen molar-refractivity contribution in [2.75, 3.05) is 26.7 Å². The van der Waals surface area contributed by atoms with Crippen LogP contribution in [0.3, 0.4) is 0 Å². The van der Waals surface area contributed by atoms with E-state index in [0.717, 1.165) is 12.5 Å². The fourth-order valence-corrected chi connectivity index (χ4v) is 4.29. The Kier molecular flexibility index (Phi) is 5.24. The summed E-state index contributed by atoms with van der Waals surface area (Å²) < 4.78 is 40.7. The van der Waals surface area contributed by atoms with Gasteiger partial charge in [0.25, 0.3) is 0 Å². The summed E-state index contributed by atoms with van der Waals surface area (Å²) >= 11 is 5.71. The molecule has 0 aliphatic carbocycles. The van der Waals surface area contributed by atoms with Crippen LogP contribution < -0.4 is 0 Å². The highest BCUT2D eigenvalue weighted by molar-refractivity contribution is 7.89. The van der Waals surface area contributed by atoms with Crippen LogP contribution in [-0.4, -0.2) is 50.3 Å². The van der Waals surface area contributed by atoms with E-state index in [9.17, 15) is 12.8 Å². The molecule has 118 valence electrons. The lowest BCUT2D eigenvalue weighted by Crippen LogP contribution is -2.52. The third-order valence-electron chi connectivity index (χ3n) is 3.98. The Balaban J connectivity index is 2.34. The van der Waals surface area contributed by atoms with Gasteiger partial charge >= 0.3 is 0 Å². The van der Waals surface area contributed by atoms with E-state index >= 15 is 0 Å². The summed E-state index contributed by atoms with van der Waals surface area (Å²) in [6, 6.07) is 4.16. The molecule has 0 aromatic heterocycles. The van der Waals surface area contributed by atoms with Crippen LogP contribution in [0.25, 0.3) is 0 Å². The third-order valence-corrected chi connectivity index (χ3v) is 6.17. The van der Waals surface area contributed by atoms with Gasteiger partial charge in [0, 0.05) is 31.6 Å². The highest BCUT2D eigenvalue weighted by atomic mass is 35.5. The van der Waals surface area contributed by atoms with Crippen LogP contribution in [0, 0.1) is 5.82 Å². The molecule has 0 bridgehead atoms. The van der Waals surface area contributed by atoms with E-state index in [-0.39, 0.29) is 16.8 Å². The van der Waals surface area contributed by atoms with Crippen LogP contribution in [0.2, 0.25) is 0 Å². The summed E-state index contributed by atoms with van der Waals surface area (Å²) in [6.45, 7) is 3.43. The second-order valence-corrected chi connectivity index (χ2v) is 7.48. The first-order valence-electron chi connectivity index (χ1n) is 6.95. The van der Waals surface area contributed by atoms with Gasteiger partial charge in [-0.3, -0.25) is 0 Å². The normalized spacial score (nSPS) is 21.6. The van der Waals surface area contributed by atoms with Crippen molar-refractivity contribution in [3.8, 4) is 0 Å². The number of alkyl halides is 1. The number of rotatable bonds is 4. The molecule has 7 heteroatoms. The van der Waals surface area contributed by atoms with Gasteiger partial charge in [-0.15, -0.1) is 11.6 Å². The van der Waals surface area contributed by atoms with E-state index in [1.54, 1.807) is 0 Å². The van der Waals surface area contributed by atoms with Crippen molar-refractivity contribution in [3.05, 3.63) is 29.6 Å². The van der Waals surface area contributed by atoms with Gasteiger partial charge in [0.2, 0.25) is 10.0 Å². The molecule has 1 saturated heterocycles. The first kappa shape index (κ1) is 16.7. The Morgan fingerprint density at radius 3 is 2.71 bits per heavy atom. The Bertz CT molecular complexity index is 609. The summed E-state index contributed by atoms with van der Waals surface area (Å²) in [5, 5.41) is 0. The van der Waals surface area contributed by atoms with Gasteiger partial charge in [-0.2, -0.15) is 4.31 Å². The predicted octanol–water partition coefficient (Wildman–Crippen LogP) is 2.28. The molecule has 2 rings (SSSR count). The lowest BCUT2D eigenvalue weighted by atomic mass is 10.1. The summed E-state index contributed by atoms with van der Waals surface area (Å²) in [5.41, 5.74) is 0.595. The van der Waals surface area contributed by atoms with Crippen molar-refractivity contribution in [1.29, 1.82) is 0 Å². The number of hydrogen-bond donors (Lipinski definition) is 0. The fourth-order valence-electron chi connectivity index (χ4n) is 2.54. The number of hydrogen-bond acceptors (Lipinski definition) is 3. The number of halogens is 2. The van der Waals surface area contributed by atoms with Crippen LogP contribution in [0.4, 0.5) is 4.39 Å². The Morgan fingerprint density at radius 1 is 1.38 bits per heavy atom. The van der Waals surface area contributed by atoms with Gasteiger partial charge in [-0.05, 0) is 31.2 Å². The third kappa shape index (κ3) is 3.39. The molecule has 1 aliphatic rings. The van der Waals surface area contributed by atoms with Gasteiger partial charge in [0.15, 0.2) is 0 Å². The first-order chi connectivity index (χ1) is 9.90. The highest BCUT2D eigenvalue weighted by Crippen LogP contribution is 2.24. The average Bonchev–Trinajstić information content (AvgIpc) is 2.47. The van der Waals surface area contributed by atoms with Crippen molar-refractivity contribution in [3.63, 3.8) is 0 Å². The number of nitrogens with zero attached hydrogens (tertiary/aromatic N) is 2. The average molecular weight is 335 g/mol. The number of likely N-dealkylation sites (N-methyl/N-ethyl adjacent to an activating group) is 1. The second-order valence-electron chi connectivity index (χ2n) is 5.30. The zero-order valence-electron chi connectivity index (χ0n) is 12.2. The monoisotopic (exact) mass is 334 g/mol. The maximum Gasteiger partial charge on any atom is 0.246 e. The molecule has 1 aliphatic heterocycles. The van der Waals surface area contributed by atoms with Crippen LogP contribution in [0.5, 0.6) is 0 Å². The van der Waals surface area contributed by atoms with Gasteiger partial charge < -0.3 is 4.90 Å². The van der Waals surface area contributed by atoms with E-state index < -0.39 is 15.8 Å². The number of benzene rings is 1. The van der Waals surface area contributed by atoms with Crippen LogP contribution >= 0.6 is 11.6 Å². The minimum atomic E-state index is -3.82. The number of piperazine rings is 1. The molecule has 1 atom stereocenters. The minimum absolute atomic E-state index is 0.156. The van der Waals surface area contributed by atoms with E-state index in [1.165, 1.54) is 16.4 Å². The number of sulfonamides is 1. The molecule has 0 amide bonds. The predicted molar refractivity (Wildman–Crippen MR) is 81.4 cm³/mol. The molecule has 1 fully saturated rings. The Morgan fingerprint density at radius 2 is 2.10 bits per heavy atom. The molecule has 0 saturated carbocycles. The Labute approximate surface area is 130 Å². The summed E-state index contributed by atoms with van der Waals surface area (Å²) in [5.74, 6) is -0.570. The van der Waals surface area contributed by atoms with Gasteiger partial charge in [0.05, 0.1) is 0 Å². The van der Waals surface area contributed by atoms with Crippen LogP contribution in [0.15, 0.2) is 23.1 Å². The topological polar surface area (TPSA) is 40.6 Å². The van der Waals surface area contributed by atoms with E-state index in [2.05, 4.69) is 4.90 Å². The molecule has 0 N–H and O–H groups in total. The summed E-state index contributed by atoms with van der Waals surface area (Å²) in [7, 11) is -1.84. The Hall–Kier alpha value is -0.690. The highest BCUT2D eigenvalue weighted by Gasteiger charge is 2.33. The molecule has 21 heavy (non-hydrogen) atoms. The molecular formula is C14H20ClFN2O2S. The summed E-state index contributed by atoms with van der Waals surface area (Å²) in [4.78, 5) is 1.86. The largest absolute Gasteiger partial charge is 0.301 e. The standard InChI is InChI=1S/C14H20ClFN2O2S/c1-3-12-10-18(7-6-17(12)2)21(19,20)14-8-11(9-15)4-5-13(14)16/h4-5,8,12H,3,6-7,9-10H2,1-2H3. The molecule has 0 spiro atoms. The molecule has 1 heterocycles. The molecule has 1 aromatic rings. The van der Waals surface area contributed by atoms with Crippen molar-refractivity contribution < 1.29 is 12.8 Å². The van der Waals surface area contributed by atoms with Crippen LogP contribution in [-0.2, 0) is 15.9 Å². The van der Waals surface area contributed by atoms with Gasteiger partial charge in [-0.25, -0.2) is 12.8 Å². The van der Waals surface area contributed by atoms with Crippen LogP contribution in [0.1, 0.15) is 18.9 Å². The van der Waals surface area contributed by atoms with E-state index in [4.69, 9.17) is 11.6 Å². The minimum Gasteiger partial charge on any atom is -0.301 e. The van der Waals surface area contributed by atoms with Crippen molar-refractivity contribution in [2.24, 2.45) is 0 Å².